The lowest BCUT2D eigenvalue weighted by Crippen LogP contribution is -2.62. The number of ether oxygens (including phenoxy) is 2. The molecule has 27 heavy (non-hydrogen) atoms. The summed E-state index contributed by atoms with van der Waals surface area (Å²) in [5.41, 5.74) is 1.05. The summed E-state index contributed by atoms with van der Waals surface area (Å²) >= 11 is 0. The summed E-state index contributed by atoms with van der Waals surface area (Å²) in [6.07, 6.45) is 0. The van der Waals surface area contributed by atoms with Crippen molar-refractivity contribution in [3.8, 4) is 11.5 Å². The van der Waals surface area contributed by atoms with Gasteiger partial charge in [0.15, 0.2) is 5.96 Å². The molecule has 0 radical (unpaired) electrons. The molecule has 2 bridgehead atoms. The number of fused-ring (bicyclic) bond motifs is 3. The third-order valence-corrected chi connectivity index (χ3v) is 5.45. The van der Waals surface area contributed by atoms with Crippen molar-refractivity contribution in [2.45, 2.75) is 25.9 Å². The van der Waals surface area contributed by atoms with Gasteiger partial charge < -0.3 is 20.1 Å². The second-order valence-electron chi connectivity index (χ2n) is 7.18. The first kappa shape index (κ1) is 19.8. The predicted molar refractivity (Wildman–Crippen MR) is 109 cm³/mol. The SMILES string of the molecule is CCNC(=NCC1CN2CCN1CC2)NC(C)c1cc(OC)ccc1OC. The number of aliphatic imine (C=N–C) groups is 1. The lowest BCUT2D eigenvalue weighted by Gasteiger charge is -2.47. The van der Waals surface area contributed by atoms with Crippen molar-refractivity contribution >= 4 is 5.96 Å². The van der Waals surface area contributed by atoms with Gasteiger partial charge in [-0.2, -0.15) is 0 Å². The number of hydrogen-bond donors (Lipinski definition) is 2. The maximum absolute atomic E-state index is 5.53. The first-order valence-electron chi connectivity index (χ1n) is 9.87. The van der Waals surface area contributed by atoms with E-state index in [9.17, 15) is 0 Å². The number of methoxy groups -OCH3 is 2. The lowest BCUT2D eigenvalue weighted by molar-refractivity contribution is 0.0174. The molecular formula is C20H33N5O2. The van der Waals surface area contributed by atoms with E-state index >= 15 is 0 Å². The van der Waals surface area contributed by atoms with Gasteiger partial charge >= 0.3 is 0 Å². The van der Waals surface area contributed by atoms with Gasteiger partial charge in [0.05, 0.1) is 26.8 Å². The Morgan fingerprint density at radius 2 is 2.00 bits per heavy atom. The maximum Gasteiger partial charge on any atom is 0.191 e. The fraction of sp³-hybridized carbons (Fsp3) is 0.650. The topological polar surface area (TPSA) is 61.4 Å². The second-order valence-corrected chi connectivity index (χ2v) is 7.18. The molecule has 2 N–H and O–H groups in total. The molecule has 3 fully saturated rings. The average Bonchev–Trinajstić information content (AvgIpc) is 2.72. The van der Waals surface area contributed by atoms with Crippen LogP contribution >= 0.6 is 0 Å². The Morgan fingerprint density at radius 1 is 1.22 bits per heavy atom. The quantitative estimate of drug-likeness (QED) is 0.554. The van der Waals surface area contributed by atoms with Crippen LogP contribution in [0, 0.1) is 0 Å². The summed E-state index contributed by atoms with van der Waals surface area (Å²) in [7, 11) is 3.37. The van der Waals surface area contributed by atoms with Crippen LogP contribution in [0.2, 0.25) is 0 Å². The number of rotatable bonds is 7. The second kappa shape index (κ2) is 9.28. The highest BCUT2D eigenvalue weighted by molar-refractivity contribution is 5.80. The first-order valence-corrected chi connectivity index (χ1v) is 9.87. The molecule has 0 saturated carbocycles. The number of nitrogens with zero attached hydrogens (tertiary/aromatic N) is 3. The minimum absolute atomic E-state index is 0.0414. The molecule has 1 aromatic carbocycles. The standard InChI is InChI=1S/C20H33N5O2/c1-5-21-20(22-13-16-14-24-8-10-25(16)11-9-24)23-15(2)18-12-17(26-3)6-7-19(18)27-4/h6-7,12,15-16H,5,8-11,13-14H2,1-4H3,(H2,21,22,23). The zero-order valence-electron chi connectivity index (χ0n) is 17.0. The van der Waals surface area contributed by atoms with Crippen molar-refractivity contribution < 1.29 is 9.47 Å². The van der Waals surface area contributed by atoms with Gasteiger partial charge in [-0.3, -0.25) is 14.8 Å². The third kappa shape index (κ3) is 4.84. The molecular weight excluding hydrogens is 342 g/mol. The fourth-order valence-electron chi connectivity index (χ4n) is 3.88. The van der Waals surface area contributed by atoms with Crippen molar-refractivity contribution in [1.29, 1.82) is 0 Å². The molecule has 4 rings (SSSR count). The molecule has 0 amide bonds. The minimum atomic E-state index is 0.0414. The number of nitrogens with one attached hydrogen (secondary N) is 2. The van der Waals surface area contributed by atoms with Crippen molar-refractivity contribution in [1.82, 2.24) is 20.4 Å². The van der Waals surface area contributed by atoms with Gasteiger partial charge in [0.25, 0.3) is 0 Å². The Kier molecular flexibility index (Phi) is 6.79. The van der Waals surface area contributed by atoms with E-state index in [0.29, 0.717) is 6.04 Å². The Labute approximate surface area is 162 Å². The van der Waals surface area contributed by atoms with Gasteiger partial charge in [0.2, 0.25) is 0 Å². The van der Waals surface area contributed by atoms with Crippen molar-refractivity contribution in [3.05, 3.63) is 23.8 Å². The normalized spacial score (nSPS) is 25.8. The van der Waals surface area contributed by atoms with E-state index in [4.69, 9.17) is 14.5 Å². The molecule has 3 aliphatic heterocycles. The van der Waals surface area contributed by atoms with Crippen LogP contribution in [-0.4, -0.2) is 81.8 Å². The molecule has 3 heterocycles. The summed E-state index contributed by atoms with van der Waals surface area (Å²) in [6, 6.07) is 6.43. The van der Waals surface area contributed by atoms with Crippen LogP contribution in [0.3, 0.4) is 0 Å². The Balaban J connectivity index is 1.68. The van der Waals surface area contributed by atoms with Gasteiger partial charge in [-0.05, 0) is 32.0 Å². The molecule has 0 aromatic heterocycles. The van der Waals surface area contributed by atoms with Gasteiger partial charge in [0.1, 0.15) is 11.5 Å². The fourth-order valence-corrected chi connectivity index (χ4v) is 3.88. The molecule has 150 valence electrons. The van der Waals surface area contributed by atoms with Crippen LogP contribution in [0.4, 0.5) is 0 Å². The van der Waals surface area contributed by atoms with Crippen molar-refractivity contribution in [3.63, 3.8) is 0 Å². The molecule has 3 saturated heterocycles. The minimum Gasteiger partial charge on any atom is -0.497 e. The van der Waals surface area contributed by atoms with E-state index in [1.807, 2.05) is 18.2 Å². The Bertz CT molecular complexity index is 643. The summed E-state index contributed by atoms with van der Waals surface area (Å²) in [5.74, 6) is 2.50. The van der Waals surface area contributed by atoms with E-state index in [0.717, 1.165) is 42.7 Å². The van der Waals surface area contributed by atoms with E-state index in [1.54, 1.807) is 14.2 Å². The zero-order valence-corrected chi connectivity index (χ0v) is 17.0. The van der Waals surface area contributed by atoms with Crippen LogP contribution in [0.1, 0.15) is 25.5 Å². The molecule has 2 atom stereocenters. The van der Waals surface area contributed by atoms with Crippen LogP contribution in [0.15, 0.2) is 23.2 Å². The molecule has 0 spiro atoms. The van der Waals surface area contributed by atoms with Crippen LogP contribution < -0.4 is 20.1 Å². The first-order chi connectivity index (χ1) is 13.1. The van der Waals surface area contributed by atoms with Crippen LogP contribution in [-0.2, 0) is 0 Å². The zero-order chi connectivity index (χ0) is 19.2. The van der Waals surface area contributed by atoms with Gasteiger partial charge in [-0.25, -0.2) is 0 Å². The average molecular weight is 376 g/mol. The molecule has 3 aliphatic rings. The van der Waals surface area contributed by atoms with Gasteiger partial charge in [-0.15, -0.1) is 0 Å². The van der Waals surface area contributed by atoms with Gasteiger partial charge in [0, 0.05) is 50.9 Å². The predicted octanol–water partition coefficient (Wildman–Crippen LogP) is 1.32. The van der Waals surface area contributed by atoms with Crippen molar-refractivity contribution in [2.24, 2.45) is 4.99 Å². The summed E-state index contributed by atoms with van der Waals surface area (Å²) in [4.78, 5) is 9.99. The van der Waals surface area contributed by atoms with Crippen LogP contribution in [0.5, 0.6) is 11.5 Å². The molecule has 1 aromatic rings. The molecule has 7 heteroatoms. The van der Waals surface area contributed by atoms with Crippen LogP contribution in [0.25, 0.3) is 0 Å². The highest BCUT2D eigenvalue weighted by Gasteiger charge is 2.31. The number of benzene rings is 1. The highest BCUT2D eigenvalue weighted by Crippen LogP contribution is 2.29. The highest BCUT2D eigenvalue weighted by atomic mass is 16.5. The van der Waals surface area contributed by atoms with E-state index in [2.05, 4.69) is 34.3 Å². The largest absolute Gasteiger partial charge is 0.497 e. The van der Waals surface area contributed by atoms with Gasteiger partial charge in [-0.1, -0.05) is 0 Å². The van der Waals surface area contributed by atoms with Crippen molar-refractivity contribution in [2.75, 3.05) is 60.0 Å². The number of hydrogen-bond acceptors (Lipinski definition) is 5. The Morgan fingerprint density at radius 3 is 2.59 bits per heavy atom. The summed E-state index contributed by atoms with van der Waals surface area (Å²) in [6.45, 7) is 11.7. The van der Waals surface area contributed by atoms with E-state index < -0.39 is 0 Å². The maximum atomic E-state index is 5.53. The molecule has 0 aliphatic carbocycles. The summed E-state index contributed by atoms with van der Waals surface area (Å²) in [5, 5.41) is 6.88. The number of guanidine groups is 1. The molecule has 7 nitrogen and oxygen atoms in total. The third-order valence-electron chi connectivity index (χ3n) is 5.45. The number of piperazine rings is 3. The monoisotopic (exact) mass is 375 g/mol. The Hall–Kier alpha value is -1.99. The summed E-state index contributed by atoms with van der Waals surface area (Å²) < 4.78 is 10.9. The lowest BCUT2D eigenvalue weighted by atomic mass is 10.1. The molecule has 2 unspecified atom stereocenters. The smallest absolute Gasteiger partial charge is 0.191 e. The van der Waals surface area contributed by atoms with E-state index in [1.165, 1.54) is 26.2 Å². The van der Waals surface area contributed by atoms with E-state index in [-0.39, 0.29) is 6.04 Å².